The molecule has 0 aromatic carbocycles. The molecule has 0 saturated carbocycles. The minimum atomic E-state index is -0.360. The number of rotatable bonds is 6. The first-order chi connectivity index (χ1) is 12.9. The summed E-state index contributed by atoms with van der Waals surface area (Å²) in [5.41, 5.74) is 5.22. The van der Waals surface area contributed by atoms with Crippen LogP contribution in [-0.4, -0.2) is 38.6 Å². The van der Waals surface area contributed by atoms with Crippen LogP contribution in [0.1, 0.15) is 34.8 Å². The molecule has 0 radical (unpaired) electrons. The molecule has 1 N–H and O–H groups in total. The summed E-state index contributed by atoms with van der Waals surface area (Å²) in [7, 11) is 1.33. The van der Waals surface area contributed by atoms with Gasteiger partial charge >= 0.3 is 5.97 Å². The Labute approximate surface area is 160 Å². The molecule has 3 aromatic heterocycles. The van der Waals surface area contributed by atoms with E-state index >= 15 is 0 Å². The number of amides is 1. The number of ether oxygens (including phenoxy) is 1. The van der Waals surface area contributed by atoms with Crippen LogP contribution in [0.5, 0.6) is 0 Å². The van der Waals surface area contributed by atoms with Crippen LogP contribution in [0, 0.1) is 20.8 Å². The number of methoxy groups -OCH3 is 1. The molecule has 3 heterocycles. The van der Waals surface area contributed by atoms with Crippen LogP contribution in [0.3, 0.4) is 0 Å². The minimum Gasteiger partial charge on any atom is -0.469 e. The molecule has 142 valence electrons. The first-order valence-electron chi connectivity index (χ1n) is 8.51. The molecule has 3 rings (SSSR count). The first kappa shape index (κ1) is 19.0. The maximum absolute atomic E-state index is 12.3. The van der Waals surface area contributed by atoms with Crippen LogP contribution < -0.4 is 5.32 Å². The summed E-state index contributed by atoms with van der Waals surface area (Å²) >= 11 is 1.29. The molecule has 3 aromatic rings. The normalized spacial score (nSPS) is 11.0. The second-order valence-corrected chi connectivity index (χ2v) is 7.12. The summed E-state index contributed by atoms with van der Waals surface area (Å²) in [4.78, 5) is 32.4. The number of nitrogens with zero attached hydrogens (tertiary/aromatic N) is 4. The number of aryl methyl sites for hydroxylation is 3. The Hall–Kier alpha value is -2.81. The fraction of sp³-hybridized carbons (Fsp3) is 0.389. The van der Waals surface area contributed by atoms with Crippen LogP contribution >= 0.6 is 11.3 Å². The molecular formula is C18H21N5O3S. The second kappa shape index (κ2) is 7.83. The first-order valence-corrected chi connectivity index (χ1v) is 9.39. The van der Waals surface area contributed by atoms with Crippen LogP contribution in [0.25, 0.3) is 5.65 Å². The van der Waals surface area contributed by atoms with Gasteiger partial charge in [0.15, 0.2) is 10.8 Å². The van der Waals surface area contributed by atoms with Crippen molar-refractivity contribution in [2.75, 3.05) is 12.4 Å². The van der Waals surface area contributed by atoms with Gasteiger partial charge in [0.25, 0.3) is 0 Å². The van der Waals surface area contributed by atoms with Crippen LogP contribution in [0.2, 0.25) is 0 Å². The van der Waals surface area contributed by atoms with Crippen LogP contribution in [-0.2, 0) is 27.2 Å². The summed E-state index contributed by atoms with van der Waals surface area (Å²) in [6, 6.07) is 1.94. The lowest BCUT2D eigenvalue weighted by Crippen LogP contribution is -2.14. The van der Waals surface area contributed by atoms with E-state index in [1.807, 2.05) is 31.4 Å². The third kappa shape index (κ3) is 4.30. The SMILES string of the molecule is COC(=O)Cc1csc(NC(=O)CCc2c(C)nc3cc(C)nn3c2C)n1. The van der Waals surface area contributed by atoms with Crippen molar-refractivity contribution in [1.29, 1.82) is 0 Å². The van der Waals surface area contributed by atoms with Gasteiger partial charge in [0.2, 0.25) is 5.91 Å². The van der Waals surface area contributed by atoms with Gasteiger partial charge in [0.05, 0.1) is 24.9 Å². The predicted molar refractivity (Wildman–Crippen MR) is 102 cm³/mol. The topological polar surface area (TPSA) is 98.5 Å². The van der Waals surface area contributed by atoms with Crippen molar-refractivity contribution < 1.29 is 14.3 Å². The highest BCUT2D eigenvalue weighted by molar-refractivity contribution is 7.13. The molecule has 0 atom stereocenters. The molecule has 0 bridgehead atoms. The molecule has 1 amide bonds. The number of carbonyl (C=O) groups is 2. The van der Waals surface area contributed by atoms with Gasteiger partial charge in [0, 0.05) is 29.3 Å². The molecule has 0 unspecified atom stereocenters. The second-order valence-electron chi connectivity index (χ2n) is 6.26. The molecule has 0 aliphatic rings. The largest absolute Gasteiger partial charge is 0.469 e. The maximum atomic E-state index is 12.3. The van der Waals surface area contributed by atoms with E-state index in [2.05, 4.69) is 25.1 Å². The van der Waals surface area contributed by atoms with Crippen molar-refractivity contribution in [2.45, 2.75) is 40.0 Å². The third-order valence-corrected chi connectivity index (χ3v) is 5.05. The average Bonchev–Trinajstić information content (AvgIpc) is 3.20. The molecule has 8 nitrogen and oxygen atoms in total. The minimum absolute atomic E-state index is 0.0935. The highest BCUT2D eigenvalue weighted by Crippen LogP contribution is 2.19. The van der Waals surface area contributed by atoms with Gasteiger partial charge in [0.1, 0.15) is 0 Å². The van der Waals surface area contributed by atoms with Gasteiger partial charge in [-0.25, -0.2) is 14.5 Å². The standard InChI is InChI=1S/C18H21N5O3S/c1-10-7-15-19-11(2)14(12(3)23(15)22-10)5-6-16(24)21-18-20-13(9-27-18)8-17(25)26-4/h7,9H,5-6,8H2,1-4H3,(H,20,21,24). The number of aromatic nitrogens is 4. The Morgan fingerprint density at radius 3 is 2.78 bits per heavy atom. The number of carbonyl (C=O) groups excluding carboxylic acids is 2. The van der Waals surface area contributed by atoms with Crippen molar-refractivity contribution in [3.8, 4) is 0 Å². The van der Waals surface area contributed by atoms with Crippen LogP contribution in [0.4, 0.5) is 5.13 Å². The van der Waals surface area contributed by atoms with E-state index in [0.717, 1.165) is 28.3 Å². The third-order valence-electron chi connectivity index (χ3n) is 4.24. The zero-order valence-corrected chi connectivity index (χ0v) is 16.5. The van der Waals surface area contributed by atoms with Gasteiger partial charge in [-0.1, -0.05) is 0 Å². The summed E-state index contributed by atoms with van der Waals surface area (Å²) < 4.78 is 6.43. The van der Waals surface area contributed by atoms with E-state index in [-0.39, 0.29) is 18.3 Å². The van der Waals surface area contributed by atoms with E-state index in [9.17, 15) is 9.59 Å². The van der Waals surface area contributed by atoms with E-state index in [0.29, 0.717) is 23.7 Å². The summed E-state index contributed by atoms with van der Waals surface area (Å²) in [5, 5.41) is 9.44. The monoisotopic (exact) mass is 387 g/mol. The fourth-order valence-corrected chi connectivity index (χ4v) is 3.62. The van der Waals surface area contributed by atoms with E-state index in [1.165, 1.54) is 18.4 Å². The predicted octanol–water partition coefficient (Wildman–Crippen LogP) is 2.40. The van der Waals surface area contributed by atoms with Gasteiger partial charge in [-0.15, -0.1) is 11.3 Å². The Bertz CT molecular complexity index is 1010. The van der Waals surface area contributed by atoms with Crippen LogP contribution in [0.15, 0.2) is 11.4 Å². The number of fused-ring (bicyclic) bond motifs is 1. The molecule has 0 spiro atoms. The lowest BCUT2D eigenvalue weighted by atomic mass is 10.1. The summed E-state index contributed by atoms with van der Waals surface area (Å²) in [6.07, 6.45) is 0.961. The lowest BCUT2D eigenvalue weighted by molar-refractivity contribution is -0.139. The molecule has 0 aliphatic carbocycles. The quantitative estimate of drug-likeness (QED) is 0.652. The Morgan fingerprint density at radius 1 is 1.26 bits per heavy atom. The van der Waals surface area contributed by atoms with Gasteiger partial charge in [-0.05, 0) is 32.8 Å². The number of nitrogens with one attached hydrogen (secondary N) is 1. The van der Waals surface area contributed by atoms with Crippen molar-refractivity contribution in [3.63, 3.8) is 0 Å². The molecule has 0 saturated heterocycles. The van der Waals surface area contributed by atoms with Crippen molar-refractivity contribution in [2.24, 2.45) is 0 Å². The Balaban J connectivity index is 1.64. The smallest absolute Gasteiger partial charge is 0.311 e. The van der Waals surface area contributed by atoms with Gasteiger partial charge in [-0.3, -0.25) is 9.59 Å². The van der Waals surface area contributed by atoms with Crippen molar-refractivity contribution in [1.82, 2.24) is 19.6 Å². The van der Waals surface area contributed by atoms with Crippen molar-refractivity contribution in [3.05, 3.63) is 39.8 Å². The van der Waals surface area contributed by atoms with E-state index < -0.39 is 0 Å². The number of esters is 1. The highest BCUT2D eigenvalue weighted by Gasteiger charge is 2.14. The molecule has 0 aliphatic heterocycles. The van der Waals surface area contributed by atoms with Gasteiger partial charge < -0.3 is 10.1 Å². The highest BCUT2D eigenvalue weighted by atomic mass is 32.1. The number of anilines is 1. The molecule has 27 heavy (non-hydrogen) atoms. The zero-order valence-electron chi connectivity index (χ0n) is 15.7. The van der Waals surface area contributed by atoms with Gasteiger partial charge in [-0.2, -0.15) is 5.10 Å². The lowest BCUT2D eigenvalue weighted by Gasteiger charge is -2.10. The van der Waals surface area contributed by atoms with E-state index in [4.69, 9.17) is 0 Å². The Kier molecular flexibility index (Phi) is 5.50. The molecule has 9 heteroatoms. The molecular weight excluding hydrogens is 366 g/mol. The van der Waals surface area contributed by atoms with E-state index in [1.54, 1.807) is 5.38 Å². The Morgan fingerprint density at radius 2 is 2.04 bits per heavy atom. The summed E-state index contributed by atoms with van der Waals surface area (Å²) in [5.74, 6) is -0.495. The number of hydrogen-bond donors (Lipinski definition) is 1. The fourth-order valence-electron chi connectivity index (χ4n) is 2.89. The average molecular weight is 387 g/mol. The number of hydrogen-bond acceptors (Lipinski definition) is 7. The number of thiazole rings is 1. The molecule has 0 fully saturated rings. The maximum Gasteiger partial charge on any atom is 0.311 e. The zero-order chi connectivity index (χ0) is 19.6. The summed E-state index contributed by atoms with van der Waals surface area (Å²) in [6.45, 7) is 5.86. The van der Waals surface area contributed by atoms with Crippen molar-refractivity contribution >= 4 is 34.0 Å².